The van der Waals surface area contributed by atoms with Gasteiger partial charge in [0.2, 0.25) is 0 Å². The largest absolute Gasteiger partial charge is 0.309 e. The van der Waals surface area contributed by atoms with Crippen LogP contribution in [0.1, 0.15) is 31.0 Å². The van der Waals surface area contributed by atoms with Crippen molar-refractivity contribution in [3.8, 4) is 0 Å². The minimum Gasteiger partial charge on any atom is -0.309 e. The highest BCUT2D eigenvalue weighted by Crippen LogP contribution is 2.31. The fourth-order valence-corrected chi connectivity index (χ4v) is 3.06. The van der Waals surface area contributed by atoms with Gasteiger partial charge in [-0.05, 0) is 23.6 Å². The summed E-state index contributed by atoms with van der Waals surface area (Å²) in [4.78, 5) is 0. The zero-order chi connectivity index (χ0) is 10.7. The SMILES string of the molecule is CC(C)CNC1CSCc2ccccc21. The number of nitrogens with one attached hydrogen (secondary N) is 1. The Hall–Kier alpha value is -0.470. The predicted octanol–water partition coefficient (Wildman–Crippen LogP) is 3.22. The van der Waals surface area contributed by atoms with Crippen LogP contribution >= 0.6 is 11.8 Å². The summed E-state index contributed by atoms with van der Waals surface area (Å²) in [5.41, 5.74) is 3.02. The van der Waals surface area contributed by atoms with Crippen LogP contribution in [-0.4, -0.2) is 12.3 Å². The lowest BCUT2D eigenvalue weighted by molar-refractivity contribution is 0.497. The van der Waals surface area contributed by atoms with Crippen molar-refractivity contribution in [2.24, 2.45) is 5.92 Å². The van der Waals surface area contributed by atoms with Gasteiger partial charge in [-0.2, -0.15) is 11.8 Å². The Balaban J connectivity index is 2.08. The highest BCUT2D eigenvalue weighted by atomic mass is 32.2. The third-order valence-electron chi connectivity index (χ3n) is 2.75. The summed E-state index contributed by atoms with van der Waals surface area (Å²) in [6, 6.07) is 9.38. The van der Waals surface area contributed by atoms with E-state index in [0.29, 0.717) is 6.04 Å². The Labute approximate surface area is 96.7 Å². The third-order valence-corrected chi connectivity index (χ3v) is 3.83. The lowest BCUT2D eigenvalue weighted by Crippen LogP contribution is -2.29. The molecule has 1 aliphatic rings. The number of rotatable bonds is 3. The Morgan fingerprint density at radius 2 is 2.20 bits per heavy atom. The van der Waals surface area contributed by atoms with Gasteiger partial charge in [0.1, 0.15) is 0 Å². The van der Waals surface area contributed by atoms with Crippen LogP contribution in [0.2, 0.25) is 0 Å². The molecule has 1 unspecified atom stereocenters. The maximum atomic E-state index is 3.66. The molecule has 0 aromatic heterocycles. The van der Waals surface area contributed by atoms with E-state index in [0.717, 1.165) is 12.5 Å². The van der Waals surface area contributed by atoms with Crippen LogP contribution in [0.5, 0.6) is 0 Å². The van der Waals surface area contributed by atoms with E-state index in [1.807, 2.05) is 11.8 Å². The van der Waals surface area contributed by atoms with E-state index < -0.39 is 0 Å². The van der Waals surface area contributed by atoms with Crippen molar-refractivity contribution in [3.63, 3.8) is 0 Å². The molecule has 0 radical (unpaired) electrons. The van der Waals surface area contributed by atoms with Crippen molar-refractivity contribution < 1.29 is 0 Å². The second kappa shape index (κ2) is 5.04. The molecule has 0 aliphatic carbocycles. The first-order chi connectivity index (χ1) is 7.27. The molecule has 1 aromatic carbocycles. The summed E-state index contributed by atoms with van der Waals surface area (Å²) >= 11 is 2.03. The first kappa shape index (κ1) is 11.0. The van der Waals surface area contributed by atoms with Crippen LogP contribution in [-0.2, 0) is 5.75 Å². The molecule has 1 nitrogen and oxygen atoms in total. The molecule has 0 fully saturated rings. The summed E-state index contributed by atoms with van der Waals surface area (Å²) in [7, 11) is 0. The summed E-state index contributed by atoms with van der Waals surface area (Å²) in [5.74, 6) is 3.11. The Morgan fingerprint density at radius 1 is 1.40 bits per heavy atom. The molecule has 1 atom stereocenters. The first-order valence-electron chi connectivity index (χ1n) is 5.66. The lowest BCUT2D eigenvalue weighted by atomic mass is 10.0. The van der Waals surface area contributed by atoms with Crippen molar-refractivity contribution in [1.29, 1.82) is 0 Å². The topological polar surface area (TPSA) is 12.0 Å². The Morgan fingerprint density at radius 3 is 3.00 bits per heavy atom. The smallest absolute Gasteiger partial charge is 0.0415 e. The predicted molar refractivity (Wildman–Crippen MR) is 68.2 cm³/mol. The van der Waals surface area contributed by atoms with Gasteiger partial charge in [-0.15, -0.1) is 0 Å². The van der Waals surface area contributed by atoms with Gasteiger partial charge in [-0.3, -0.25) is 0 Å². The van der Waals surface area contributed by atoms with Gasteiger partial charge in [-0.1, -0.05) is 38.1 Å². The Kier molecular flexibility index (Phi) is 3.71. The third kappa shape index (κ3) is 2.76. The van der Waals surface area contributed by atoms with E-state index in [2.05, 4.69) is 43.4 Å². The van der Waals surface area contributed by atoms with E-state index in [1.54, 1.807) is 0 Å². The molecule has 82 valence electrons. The molecule has 0 amide bonds. The number of fused-ring (bicyclic) bond motifs is 1. The molecule has 0 saturated carbocycles. The molecule has 1 N–H and O–H groups in total. The van der Waals surface area contributed by atoms with Crippen LogP contribution in [0.25, 0.3) is 0 Å². The normalized spacial score (nSPS) is 20.3. The Bertz CT molecular complexity index is 322. The summed E-state index contributed by atoms with van der Waals surface area (Å²) in [6.07, 6.45) is 0. The van der Waals surface area contributed by atoms with Crippen LogP contribution < -0.4 is 5.32 Å². The molecular formula is C13H19NS. The number of thioether (sulfide) groups is 1. The summed E-state index contributed by atoms with van der Waals surface area (Å²) in [6.45, 7) is 5.63. The maximum absolute atomic E-state index is 3.66. The number of benzene rings is 1. The monoisotopic (exact) mass is 221 g/mol. The molecule has 0 saturated heterocycles. The van der Waals surface area contributed by atoms with E-state index in [9.17, 15) is 0 Å². The maximum Gasteiger partial charge on any atom is 0.0415 e. The molecule has 1 heterocycles. The van der Waals surface area contributed by atoms with Crippen molar-refractivity contribution in [2.75, 3.05) is 12.3 Å². The van der Waals surface area contributed by atoms with Crippen molar-refractivity contribution in [2.45, 2.75) is 25.6 Å². The average molecular weight is 221 g/mol. The quantitative estimate of drug-likeness (QED) is 0.841. The molecule has 1 aliphatic heterocycles. The number of hydrogen-bond acceptors (Lipinski definition) is 2. The average Bonchev–Trinajstić information content (AvgIpc) is 2.26. The molecule has 1 aromatic rings. The van der Waals surface area contributed by atoms with Gasteiger partial charge in [0.05, 0.1) is 0 Å². The first-order valence-corrected chi connectivity index (χ1v) is 6.82. The van der Waals surface area contributed by atoms with Crippen LogP contribution in [0.4, 0.5) is 0 Å². The fourth-order valence-electron chi connectivity index (χ4n) is 1.93. The summed E-state index contributed by atoms with van der Waals surface area (Å²) < 4.78 is 0. The molecule has 0 spiro atoms. The molecule has 0 bridgehead atoms. The lowest BCUT2D eigenvalue weighted by Gasteiger charge is -2.26. The van der Waals surface area contributed by atoms with Crippen molar-refractivity contribution in [3.05, 3.63) is 35.4 Å². The van der Waals surface area contributed by atoms with E-state index in [1.165, 1.54) is 22.6 Å². The van der Waals surface area contributed by atoms with Crippen LogP contribution in [0, 0.1) is 5.92 Å². The fraction of sp³-hybridized carbons (Fsp3) is 0.538. The van der Waals surface area contributed by atoms with Crippen molar-refractivity contribution in [1.82, 2.24) is 5.32 Å². The molecule has 2 heteroatoms. The molecular weight excluding hydrogens is 202 g/mol. The molecule has 15 heavy (non-hydrogen) atoms. The van der Waals surface area contributed by atoms with Gasteiger partial charge in [0.25, 0.3) is 0 Å². The van der Waals surface area contributed by atoms with Gasteiger partial charge in [0, 0.05) is 17.5 Å². The minimum absolute atomic E-state index is 0.558. The zero-order valence-electron chi connectivity index (χ0n) is 9.49. The summed E-state index contributed by atoms with van der Waals surface area (Å²) in [5, 5.41) is 3.66. The second-order valence-corrected chi connectivity index (χ2v) is 5.60. The highest BCUT2D eigenvalue weighted by molar-refractivity contribution is 7.98. The van der Waals surface area contributed by atoms with Crippen molar-refractivity contribution >= 4 is 11.8 Å². The van der Waals surface area contributed by atoms with E-state index in [4.69, 9.17) is 0 Å². The van der Waals surface area contributed by atoms with E-state index >= 15 is 0 Å². The van der Waals surface area contributed by atoms with Gasteiger partial charge in [-0.25, -0.2) is 0 Å². The van der Waals surface area contributed by atoms with E-state index in [-0.39, 0.29) is 0 Å². The zero-order valence-corrected chi connectivity index (χ0v) is 10.3. The molecule has 2 rings (SSSR count). The standard InChI is InChI=1S/C13H19NS/c1-10(2)7-14-13-9-15-8-11-5-3-4-6-12(11)13/h3-6,10,13-14H,7-9H2,1-2H3. The highest BCUT2D eigenvalue weighted by Gasteiger charge is 2.19. The van der Waals surface area contributed by atoms with Gasteiger partial charge in [0.15, 0.2) is 0 Å². The minimum atomic E-state index is 0.558. The van der Waals surface area contributed by atoms with Crippen LogP contribution in [0.3, 0.4) is 0 Å². The second-order valence-electron chi connectivity index (χ2n) is 4.57. The van der Waals surface area contributed by atoms with Crippen LogP contribution in [0.15, 0.2) is 24.3 Å². The van der Waals surface area contributed by atoms with Gasteiger partial charge < -0.3 is 5.32 Å². The van der Waals surface area contributed by atoms with Gasteiger partial charge >= 0.3 is 0 Å². The number of hydrogen-bond donors (Lipinski definition) is 1.